The van der Waals surface area contributed by atoms with E-state index in [9.17, 15) is 0 Å². The van der Waals surface area contributed by atoms with Gasteiger partial charge < -0.3 is 0 Å². The van der Waals surface area contributed by atoms with E-state index < -0.39 is 0 Å². The molecule has 13 heavy (non-hydrogen) atoms. The molecule has 0 saturated carbocycles. The minimum Gasteiger partial charge on any atom is -0.256 e. The molecule has 0 aliphatic rings. The van der Waals surface area contributed by atoms with E-state index in [2.05, 4.69) is 42.0 Å². The van der Waals surface area contributed by atoms with E-state index in [1.807, 2.05) is 13.0 Å². The third kappa shape index (κ3) is 4.15. The fraction of sp³-hybridized carbons (Fsp3) is 0.273. The summed E-state index contributed by atoms with van der Waals surface area (Å²) in [6.45, 7) is 5.04. The van der Waals surface area contributed by atoms with E-state index in [0.29, 0.717) is 0 Å². The maximum Gasteiger partial charge on any atom is 0.0242 e. The molecule has 0 amide bonds. The van der Waals surface area contributed by atoms with Crippen molar-refractivity contribution in [3.63, 3.8) is 0 Å². The average molecular weight is 193 g/mol. The van der Waals surface area contributed by atoms with Gasteiger partial charge >= 0.3 is 0 Å². The third-order valence-electron chi connectivity index (χ3n) is 1.65. The van der Waals surface area contributed by atoms with Crippen LogP contribution < -0.4 is 4.72 Å². The van der Waals surface area contributed by atoms with Crippen molar-refractivity contribution in [2.45, 2.75) is 18.7 Å². The topological polar surface area (TPSA) is 12.0 Å². The van der Waals surface area contributed by atoms with Crippen LogP contribution in [-0.4, -0.2) is 6.54 Å². The lowest BCUT2D eigenvalue weighted by molar-refractivity contribution is 1.12. The standard InChI is InChI=1S/C11H15NS/c1-3-4-9-12-13-11-7-5-10(2)6-8-11/h3-8,12H,9H2,1-2H3/b4-3+. The van der Waals surface area contributed by atoms with Crippen LogP contribution >= 0.6 is 11.9 Å². The molecule has 0 unspecified atom stereocenters. The van der Waals surface area contributed by atoms with Crippen LogP contribution in [-0.2, 0) is 0 Å². The smallest absolute Gasteiger partial charge is 0.0242 e. The zero-order valence-electron chi connectivity index (χ0n) is 8.08. The normalized spacial score (nSPS) is 10.9. The monoisotopic (exact) mass is 193 g/mol. The maximum atomic E-state index is 3.25. The predicted octanol–water partition coefficient (Wildman–Crippen LogP) is 3.17. The van der Waals surface area contributed by atoms with Crippen LogP contribution in [0, 0.1) is 6.92 Å². The van der Waals surface area contributed by atoms with Gasteiger partial charge in [0.2, 0.25) is 0 Å². The summed E-state index contributed by atoms with van der Waals surface area (Å²) >= 11 is 1.67. The number of nitrogens with one attached hydrogen (secondary N) is 1. The molecule has 0 bridgehead atoms. The van der Waals surface area contributed by atoms with E-state index in [4.69, 9.17) is 0 Å². The van der Waals surface area contributed by atoms with Gasteiger partial charge in [-0.2, -0.15) is 0 Å². The second-order valence-electron chi connectivity index (χ2n) is 2.83. The number of hydrogen-bond acceptors (Lipinski definition) is 2. The minimum atomic E-state index is 0.912. The summed E-state index contributed by atoms with van der Waals surface area (Å²) < 4.78 is 3.25. The Balaban J connectivity index is 2.33. The van der Waals surface area contributed by atoms with Crippen molar-refractivity contribution in [1.29, 1.82) is 0 Å². The van der Waals surface area contributed by atoms with Crippen molar-refractivity contribution in [3.8, 4) is 0 Å². The minimum absolute atomic E-state index is 0.912. The van der Waals surface area contributed by atoms with Gasteiger partial charge in [-0.05, 0) is 37.9 Å². The molecule has 0 aliphatic carbocycles. The first-order valence-corrected chi connectivity index (χ1v) is 5.22. The first-order chi connectivity index (χ1) is 6.33. The van der Waals surface area contributed by atoms with Crippen molar-refractivity contribution in [1.82, 2.24) is 4.72 Å². The van der Waals surface area contributed by atoms with Crippen LogP contribution in [0.4, 0.5) is 0 Å². The quantitative estimate of drug-likeness (QED) is 0.448. The number of rotatable bonds is 4. The van der Waals surface area contributed by atoms with E-state index >= 15 is 0 Å². The van der Waals surface area contributed by atoms with Gasteiger partial charge in [0.05, 0.1) is 0 Å². The lowest BCUT2D eigenvalue weighted by atomic mass is 10.2. The summed E-state index contributed by atoms with van der Waals surface area (Å²) in [6.07, 6.45) is 4.14. The van der Waals surface area contributed by atoms with Crippen molar-refractivity contribution >= 4 is 11.9 Å². The Labute approximate surface area is 84.4 Å². The second kappa shape index (κ2) is 5.84. The fourth-order valence-corrected chi connectivity index (χ4v) is 1.52. The Hall–Kier alpha value is -0.730. The lowest BCUT2D eigenvalue weighted by Crippen LogP contribution is -2.01. The summed E-state index contributed by atoms with van der Waals surface area (Å²) in [5, 5.41) is 0. The average Bonchev–Trinajstić information content (AvgIpc) is 2.15. The summed E-state index contributed by atoms with van der Waals surface area (Å²) in [5.41, 5.74) is 1.30. The number of aryl methyl sites for hydroxylation is 1. The fourth-order valence-electron chi connectivity index (χ4n) is 0.897. The van der Waals surface area contributed by atoms with Crippen LogP contribution in [0.15, 0.2) is 41.3 Å². The van der Waals surface area contributed by atoms with Gasteiger partial charge in [-0.25, -0.2) is 0 Å². The van der Waals surface area contributed by atoms with Gasteiger partial charge in [-0.1, -0.05) is 29.8 Å². The van der Waals surface area contributed by atoms with E-state index in [0.717, 1.165) is 6.54 Å². The summed E-state index contributed by atoms with van der Waals surface area (Å²) in [6, 6.07) is 8.50. The molecule has 1 aromatic rings. The Morgan fingerprint density at radius 2 is 2.00 bits per heavy atom. The molecule has 0 aromatic heterocycles. The van der Waals surface area contributed by atoms with E-state index in [1.54, 1.807) is 11.9 Å². The summed E-state index contributed by atoms with van der Waals surface area (Å²) in [4.78, 5) is 1.26. The highest BCUT2D eigenvalue weighted by Gasteiger charge is 1.90. The first kappa shape index (κ1) is 10.4. The van der Waals surface area contributed by atoms with Crippen molar-refractivity contribution in [2.24, 2.45) is 0 Å². The predicted molar refractivity (Wildman–Crippen MR) is 59.9 cm³/mol. The molecule has 1 rings (SSSR count). The molecule has 1 nitrogen and oxygen atoms in total. The molecular weight excluding hydrogens is 178 g/mol. The summed E-state index contributed by atoms with van der Waals surface area (Å²) in [7, 11) is 0. The molecule has 0 heterocycles. The van der Waals surface area contributed by atoms with Crippen molar-refractivity contribution in [3.05, 3.63) is 42.0 Å². The molecular formula is C11H15NS. The number of benzene rings is 1. The van der Waals surface area contributed by atoms with Crippen LogP contribution in [0.5, 0.6) is 0 Å². The van der Waals surface area contributed by atoms with Gasteiger partial charge in [0.15, 0.2) is 0 Å². The summed E-state index contributed by atoms with van der Waals surface area (Å²) in [5.74, 6) is 0. The Bertz CT molecular complexity index is 264. The van der Waals surface area contributed by atoms with Crippen LogP contribution in [0.1, 0.15) is 12.5 Å². The SMILES string of the molecule is C/C=C/CNSc1ccc(C)cc1. The zero-order valence-corrected chi connectivity index (χ0v) is 8.90. The van der Waals surface area contributed by atoms with Gasteiger partial charge in [0.25, 0.3) is 0 Å². The second-order valence-corrected chi connectivity index (χ2v) is 3.80. The molecule has 0 spiro atoms. The molecule has 2 heteroatoms. The highest BCUT2D eigenvalue weighted by molar-refractivity contribution is 7.97. The highest BCUT2D eigenvalue weighted by Crippen LogP contribution is 2.14. The van der Waals surface area contributed by atoms with Crippen molar-refractivity contribution < 1.29 is 0 Å². The first-order valence-electron chi connectivity index (χ1n) is 4.40. The van der Waals surface area contributed by atoms with Crippen molar-refractivity contribution in [2.75, 3.05) is 6.54 Å². The molecule has 0 fully saturated rings. The third-order valence-corrected chi connectivity index (χ3v) is 2.47. The lowest BCUT2D eigenvalue weighted by Gasteiger charge is -2.00. The number of allylic oxidation sites excluding steroid dienone is 1. The Morgan fingerprint density at radius 3 is 2.62 bits per heavy atom. The van der Waals surface area contributed by atoms with E-state index in [-0.39, 0.29) is 0 Å². The van der Waals surface area contributed by atoms with Crippen LogP contribution in [0.3, 0.4) is 0 Å². The molecule has 0 saturated heterocycles. The zero-order chi connectivity index (χ0) is 9.52. The molecule has 70 valence electrons. The van der Waals surface area contributed by atoms with Gasteiger partial charge in [-0.15, -0.1) is 0 Å². The number of hydrogen-bond donors (Lipinski definition) is 1. The van der Waals surface area contributed by atoms with Crippen LogP contribution in [0.2, 0.25) is 0 Å². The van der Waals surface area contributed by atoms with Crippen LogP contribution in [0.25, 0.3) is 0 Å². The van der Waals surface area contributed by atoms with Gasteiger partial charge in [0.1, 0.15) is 0 Å². The molecule has 1 N–H and O–H groups in total. The molecule has 0 atom stereocenters. The largest absolute Gasteiger partial charge is 0.256 e. The molecule has 0 aliphatic heterocycles. The van der Waals surface area contributed by atoms with Gasteiger partial charge in [-0.3, -0.25) is 4.72 Å². The Kier molecular flexibility index (Phi) is 4.65. The van der Waals surface area contributed by atoms with Gasteiger partial charge in [0, 0.05) is 11.4 Å². The maximum absolute atomic E-state index is 3.25. The highest BCUT2D eigenvalue weighted by atomic mass is 32.2. The molecule has 0 radical (unpaired) electrons. The molecule has 1 aromatic carbocycles. The van der Waals surface area contributed by atoms with E-state index in [1.165, 1.54) is 10.5 Å². The Morgan fingerprint density at radius 1 is 1.31 bits per heavy atom.